The third-order valence-corrected chi connectivity index (χ3v) is 5.09. The molecule has 1 aromatic heterocycles. The highest BCUT2D eigenvalue weighted by Crippen LogP contribution is 2.27. The highest BCUT2D eigenvalue weighted by molar-refractivity contribution is 8.00. The standard InChI is InChI=1S/C22H21N3O2S/c1-14-9-11-18(12-10-14)24-19(27)13-28-22-20(16(3)26)15(2)23-21(25-22)17-7-5-4-6-8-17/h4-12H,13H2,1-3H3,(H,24,27). The fraction of sp³-hybridized carbons (Fsp3) is 0.182. The van der Waals surface area contributed by atoms with Crippen LogP contribution in [0.3, 0.4) is 0 Å². The molecule has 28 heavy (non-hydrogen) atoms. The van der Waals surface area contributed by atoms with Crippen LogP contribution in [0.4, 0.5) is 5.69 Å². The second kappa shape index (κ2) is 8.80. The molecule has 0 aliphatic rings. The molecule has 1 amide bonds. The van der Waals surface area contributed by atoms with Crippen molar-refractivity contribution in [2.45, 2.75) is 25.8 Å². The first-order valence-corrected chi connectivity index (χ1v) is 9.87. The molecule has 142 valence electrons. The molecule has 0 spiro atoms. The van der Waals surface area contributed by atoms with E-state index in [-0.39, 0.29) is 17.4 Å². The van der Waals surface area contributed by atoms with Crippen molar-refractivity contribution in [2.24, 2.45) is 0 Å². The number of nitrogens with zero attached hydrogens (tertiary/aromatic N) is 2. The fourth-order valence-corrected chi connectivity index (χ4v) is 3.67. The number of Topliss-reactive ketones (excluding diaryl/α,β-unsaturated/α-hetero) is 1. The fourth-order valence-electron chi connectivity index (χ4n) is 2.74. The average Bonchev–Trinajstić information content (AvgIpc) is 2.68. The summed E-state index contributed by atoms with van der Waals surface area (Å²) in [5.74, 6) is 0.433. The Morgan fingerprint density at radius 1 is 0.964 bits per heavy atom. The number of anilines is 1. The van der Waals surface area contributed by atoms with Crippen LogP contribution in [0.5, 0.6) is 0 Å². The average molecular weight is 391 g/mol. The molecule has 1 N–H and O–H groups in total. The van der Waals surface area contributed by atoms with Gasteiger partial charge in [0.2, 0.25) is 5.91 Å². The lowest BCUT2D eigenvalue weighted by atomic mass is 10.1. The molecule has 0 radical (unpaired) electrons. The first kappa shape index (κ1) is 19.8. The second-order valence-electron chi connectivity index (χ2n) is 6.44. The highest BCUT2D eigenvalue weighted by Gasteiger charge is 2.18. The minimum absolute atomic E-state index is 0.112. The van der Waals surface area contributed by atoms with Crippen molar-refractivity contribution in [3.05, 3.63) is 71.4 Å². The lowest BCUT2D eigenvalue weighted by Crippen LogP contribution is -2.15. The van der Waals surface area contributed by atoms with Gasteiger partial charge in [0.15, 0.2) is 11.6 Å². The van der Waals surface area contributed by atoms with Crippen molar-refractivity contribution in [2.75, 3.05) is 11.1 Å². The van der Waals surface area contributed by atoms with Gasteiger partial charge in [0.05, 0.1) is 17.0 Å². The summed E-state index contributed by atoms with van der Waals surface area (Å²) < 4.78 is 0. The van der Waals surface area contributed by atoms with Gasteiger partial charge in [-0.15, -0.1) is 0 Å². The van der Waals surface area contributed by atoms with E-state index in [9.17, 15) is 9.59 Å². The molecule has 5 nitrogen and oxygen atoms in total. The van der Waals surface area contributed by atoms with Crippen LogP contribution in [0.1, 0.15) is 28.5 Å². The van der Waals surface area contributed by atoms with Gasteiger partial charge in [-0.2, -0.15) is 0 Å². The summed E-state index contributed by atoms with van der Waals surface area (Å²) in [4.78, 5) is 33.5. The Morgan fingerprint density at radius 3 is 2.29 bits per heavy atom. The van der Waals surface area contributed by atoms with Crippen LogP contribution < -0.4 is 5.32 Å². The molecule has 0 bridgehead atoms. The molecule has 0 fully saturated rings. The number of ketones is 1. The molecule has 2 aromatic carbocycles. The summed E-state index contributed by atoms with van der Waals surface area (Å²) in [5, 5.41) is 3.39. The zero-order valence-electron chi connectivity index (χ0n) is 16.0. The van der Waals surface area contributed by atoms with Crippen molar-refractivity contribution in [1.82, 2.24) is 9.97 Å². The van der Waals surface area contributed by atoms with Gasteiger partial charge in [-0.1, -0.05) is 59.8 Å². The van der Waals surface area contributed by atoms with Crippen LogP contribution >= 0.6 is 11.8 Å². The maximum Gasteiger partial charge on any atom is 0.234 e. The Balaban J connectivity index is 1.81. The van der Waals surface area contributed by atoms with E-state index in [1.165, 1.54) is 18.7 Å². The quantitative estimate of drug-likeness (QED) is 0.375. The smallest absolute Gasteiger partial charge is 0.234 e. The Hall–Kier alpha value is -2.99. The molecule has 0 aliphatic heterocycles. The third-order valence-electron chi connectivity index (χ3n) is 4.12. The van der Waals surface area contributed by atoms with Gasteiger partial charge >= 0.3 is 0 Å². The topological polar surface area (TPSA) is 72.0 Å². The molecule has 1 heterocycles. The Labute approximate surface area is 168 Å². The molecular formula is C22H21N3O2S. The summed E-state index contributed by atoms with van der Waals surface area (Å²) in [6.45, 7) is 5.28. The van der Waals surface area contributed by atoms with Crippen LogP contribution in [0.2, 0.25) is 0 Å². The normalized spacial score (nSPS) is 10.5. The van der Waals surface area contributed by atoms with Gasteiger partial charge in [-0.25, -0.2) is 9.97 Å². The Kier molecular flexibility index (Phi) is 6.21. The van der Waals surface area contributed by atoms with Gasteiger partial charge in [-0.05, 0) is 32.9 Å². The van der Waals surface area contributed by atoms with Crippen LogP contribution in [0, 0.1) is 13.8 Å². The second-order valence-corrected chi connectivity index (χ2v) is 7.40. The van der Waals surface area contributed by atoms with Crippen LogP contribution in [0.25, 0.3) is 11.4 Å². The van der Waals surface area contributed by atoms with Crippen LogP contribution in [-0.2, 0) is 4.79 Å². The summed E-state index contributed by atoms with van der Waals surface area (Å²) in [6, 6.07) is 17.2. The van der Waals surface area contributed by atoms with Crippen LogP contribution in [-0.4, -0.2) is 27.4 Å². The number of aryl methyl sites for hydroxylation is 2. The zero-order chi connectivity index (χ0) is 20.1. The van der Waals surface area contributed by atoms with Gasteiger partial charge in [0, 0.05) is 11.3 Å². The van der Waals surface area contributed by atoms with Gasteiger partial charge in [0.25, 0.3) is 0 Å². The van der Waals surface area contributed by atoms with E-state index in [2.05, 4.69) is 15.3 Å². The third kappa shape index (κ3) is 4.84. The molecule has 0 aliphatic carbocycles. The first-order valence-electron chi connectivity index (χ1n) is 8.88. The molecule has 0 atom stereocenters. The predicted molar refractivity (Wildman–Crippen MR) is 113 cm³/mol. The molecule has 6 heteroatoms. The number of benzene rings is 2. The molecule has 3 aromatic rings. The Morgan fingerprint density at radius 2 is 1.64 bits per heavy atom. The van der Waals surface area contributed by atoms with E-state index in [1.54, 1.807) is 6.92 Å². The van der Waals surface area contributed by atoms with E-state index < -0.39 is 0 Å². The molecule has 3 rings (SSSR count). The van der Waals surface area contributed by atoms with Crippen molar-refractivity contribution in [1.29, 1.82) is 0 Å². The largest absolute Gasteiger partial charge is 0.325 e. The molecule has 0 unspecified atom stereocenters. The summed E-state index contributed by atoms with van der Waals surface area (Å²) in [6.07, 6.45) is 0. The maximum absolute atomic E-state index is 12.3. The minimum atomic E-state index is -0.152. The summed E-state index contributed by atoms with van der Waals surface area (Å²) >= 11 is 1.24. The van der Waals surface area contributed by atoms with E-state index in [1.807, 2.05) is 61.5 Å². The number of rotatable bonds is 6. The number of aromatic nitrogens is 2. The molecule has 0 saturated heterocycles. The number of carbonyl (C=O) groups excluding carboxylic acids is 2. The predicted octanol–water partition coefficient (Wildman–Crippen LogP) is 4.69. The number of hydrogen-bond donors (Lipinski definition) is 1. The van der Waals surface area contributed by atoms with E-state index >= 15 is 0 Å². The highest BCUT2D eigenvalue weighted by atomic mass is 32.2. The van der Waals surface area contributed by atoms with Crippen molar-refractivity contribution in [3.63, 3.8) is 0 Å². The van der Waals surface area contributed by atoms with Crippen LogP contribution in [0.15, 0.2) is 59.6 Å². The molecule has 0 saturated carbocycles. The number of amides is 1. The van der Waals surface area contributed by atoms with Gasteiger partial charge in [0.1, 0.15) is 5.03 Å². The van der Waals surface area contributed by atoms with Gasteiger partial charge < -0.3 is 5.32 Å². The molecular weight excluding hydrogens is 370 g/mol. The summed E-state index contributed by atoms with van der Waals surface area (Å²) in [7, 11) is 0. The van der Waals surface area contributed by atoms with E-state index in [0.29, 0.717) is 22.1 Å². The van der Waals surface area contributed by atoms with E-state index in [0.717, 1.165) is 16.8 Å². The Bertz CT molecular complexity index is 1000. The first-order chi connectivity index (χ1) is 13.4. The maximum atomic E-state index is 12.3. The monoisotopic (exact) mass is 391 g/mol. The van der Waals surface area contributed by atoms with Gasteiger partial charge in [-0.3, -0.25) is 9.59 Å². The zero-order valence-corrected chi connectivity index (χ0v) is 16.8. The number of nitrogens with one attached hydrogen (secondary N) is 1. The number of thioether (sulfide) groups is 1. The van der Waals surface area contributed by atoms with Crippen molar-refractivity contribution < 1.29 is 9.59 Å². The summed E-state index contributed by atoms with van der Waals surface area (Å²) in [5.41, 5.74) is 3.82. The van der Waals surface area contributed by atoms with Crippen molar-refractivity contribution in [3.8, 4) is 11.4 Å². The van der Waals surface area contributed by atoms with Crippen molar-refractivity contribution >= 4 is 29.1 Å². The SMILES string of the molecule is CC(=O)c1c(C)nc(-c2ccccc2)nc1SCC(=O)Nc1ccc(C)cc1. The van der Waals surface area contributed by atoms with E-state index in [4.69, 9.17) is 0 Å². The number of hydrogen-bond acceptors (Lipinski definition) is 5. The lowest BCUT2D eigenvalue weighted by Gasteiger charge is -2.11. The number of carbonyl (C=O) groups is 2. The minimum Gasteiger partial charge on any atom is -0.325 e. The lowest BCUT2D eigenvalue weighted by molar-refractivity contribution is -0.113.